The molecule has 3 nitrogen and oxygen atoms in total. The van der Waals surface area contributed by atoms with Gasteiger partial charge in [0.2, 0.25) is 0 Å². The van der Waals surface area contributed by atoms with Gasteiger partial charge in [-0.25, -0.2) is 0 Å². The molecule has 0 aliphatic carbocycles. The number of phenolic OH excluding ortho intramolecular Hbond substituents is 1. The van der Waals surface area contributed by atoms with E-state index < -0.39 is 0 Å². The largest absolute Gasteiger partial charge is 0.507 e. The van der Waals surface area contributed by atoms with E-state index in [-0.39, 0.29) is 5.75 Å². The first kappa shape index (κ1) is 15.5. The first-order chi connectivity index (χ1) is 8.56. The summed E-state index contributed by atoms with van der Waals surface area (Å²) < 4.78 is 0.748. The first-order valence-corrected chi connectivity index (χ1v) is 7.29. The van der Waals surface area contributed by atoms with Gasteiger partial charge in [0.15, 0.2) is 0 Å². The Morgan fingerprint density at radius 2 is 2.00 bits per heavy atom. The van der Waals surface area contributed by atoms with Crippen LogP contribution in [0.5, 0.6) is 5.75 Å². The van der Waals surface area contributed by atoms with E-state index in [1.807, 2.05) is 12.1 Å². The standard InChI is InChI=1S/C14H23BrN2O/c1-4-17(5-2)10-11(3)16-9-12-6-7-14(18)13(15)8-12/h6-8,11,16,18H,4-5,9-10H2,1-3H3. The molecular formula is C14H23BrN2O. The van der Waals surface area contributed by atoms with Gasteiger partial charge >= 0.3 is 0 Å². The van der Waals surface area contributed by atoms with Crippen molar-refractivity contribution < 1.29 is 5.11 Å². The summed E-state index contributed by atoms with van der Waals surface area (Å²) in [6.45, 7) is 10.6. The summed E-state index contributed by atoms with van der Waals surface area (Å²) >= 11 is 3.33. The van der Waals surface area contributed by atoms with E-state index in [1.165, 1.54) is 5.56 Å². The zero-order valence-corrected chi connectivity index (χ0v) is 13.0. The highest BCUT2D eigenvalue weighted by atomic mass is 79.9. The maximum absolute atomic E-state index is 9.43. The zero-order chi connectivity index (χ0) is 13.5. The van der Waals surface area contributed by atoms with Gasteiger partial charge < -0.3 is 15.3 Å². The monoisotopic (exact) mass is 314 g/mol. The van der Waals surface area contributed by atoms with Crippen LogP contribution in [-0.4, -0.2) is 35.7 Å². The highest BCUT2D eigenvalue weighted by Crippen LogP contribution is 2.24. The summed E-state index contributed by atoms with van der Waals surface area (Å²) in [4.78, 5) is 2.41. The van der Waals surface area contributed by atoms with Gasteiger partial charge in [-0.2, -0.15) is 0 Å². The first-order valence-electron chi connectivity index (χ1n) is 6.49. The van der Waals surface area contributed by atoms with Crippen molar-refractivity contribution in [1.82, 2.24) is 10.2 Å². The lowest BCUT2D eigenvalue weighted by Crippen LogP contribution is -2.38. The van der Waals surface area contributed by atoms with Gasteiger partial charge in [-0.3, -0.25) is 0 Å². The summed E-state index contributed by atoms with van der Waals surface area (Å²) in [5.41, 5.74) is 1.17. The molecule has 0 saturated carbocycles. The minimum Gasteiger partial charge on any atom is -0.507 e. The van der Waals surface area contributed by atoms with E-state index >= 15 is 0 Å². The van der Waals surface area contributed by atoms with Gasteiger partial charge in [0.1, 0.15) is 5.75 Å². The number of hydrogen-bond donors (Lipinski definition) is 2. The fraction of sp³-hybridized carbons (Fsp3) is 0.571. The minimum atomic E-state index is 0.287. The van der Waals surface area contributed by atoms with Crippen molar-refractivity contribution in [2.45, 2.75) is 33.4 Å². The number of rotatable bonds is 7. The Morgan fingerprint density at radius 3 is 2.56 bits per heavy atom. The van der Waals surface area contributed by atoms with Crippen LogP contribution in [0.4, 0.5) is 0 Å². The Hall–Kier alpha value is -0.580. The van der Waals surface area contributed by atoms with E-state index in [0.717, 1.165) is 30.7 Å². The Balaban J connectivity index is 2.42. The molecule has 0 amide bonds. The number of aromatic hydroxyl groups is 1. The lowest BCUT2D eigenvalue weighted by atomic mass is 10.2. The van der Waals surface area contributed by atoms with Gasteiger partial charge in [-0.1, -0.05) is 19.9 Å². The molecule has 1 aromatic rings. The fourth-order valence-electron chi connectivity index (χ4n) is 1.89. The summed E-state index contributed by atoms with van der Waals surface area (Å²) in [5, 5.41) is 12.9. The minimum absolute atomic E-state index is 0.287. The van der Waals surface area contributed by atoms with E-state index in [4.69, 9.17) is 0 Å². The summed E-state index contributed by atoms with van der Waals surface area (Å²) in [5.74, 6) is 0.287. The molecule has 0 aliphatic heterocycles. The van der Waals surface area contributed by atoms with Crippen LogP contribution in [0.25, 0.3) is 0 Å². The van der Waals surface area contributed by atoms with E-state index in [2.05, 4.69) is 46.9 Å². The van der Waals surface area contributed by atoms with E-state index in [1.54, 1.807) is 6.07 Å². The van der Waals surface area contributed by atoms with Gasteiger partial charge in [-0.15, -0.1) is 0 Å². The van der Waals surface area contributed by atoms with E-state index in [9.17, 15) is 5.11 Å². The quantitative estimate of drug-likeness (QED) is 0.812. The van der Waals surface area contributed by atoms with Crippen LogP contribution < -0.4 is 5.32 Å². The molecule has 1 atom stereocenters. The van der Waals surface area contributed by atoms with Crippen molar-refractivity contribution in [2.24, 2.45) is 0 Å². The number of benzene rings is 1. The van der Waals surface area contributed by atoms with Crippen molar-refractivity contribution in [3.8, 4) is 5.75 Å². The fourth-order valence-corrected chi connectivity index (χ4v) is 2.31. The predicted molar refractivity (Wildman–Crippen MR) is 79.9 cm³/mol. The Bertz CT molecular complexity index is 367. The third-order valence-electron chi connectivity index (χ3n) is 3.09. The van der Waals surface area contributed by atoms with Crippen molar-refractivity contribution >= 4 is 15.9 Å². The smallest absolute Gasteiger partial charge is 0.129 e. The molecule has 1 unspecified atom stereocenters. The van der Waals surface area contributed by atoms with Crippen LogP contribution in [0.15, 0.2) is 22.7 Å². The number of phenols is 1. The third kappa shape index (κ3) is 4.96. The van der Waals surface area contributed by atoms with Crippen LogP contribution in [0.1, 0.15) is 26.3 Å². The third-order valence-corrected chi connectivity index (χ3v) is 3.73. The van der Waals surface area contributed by atoms with Crippen LogP contribution in [0.2, 0.25) is 0 Å². The van der Waals surface area contributed by atoms with E-state index in [0.29, 0.717) is 6.04 Å². The normalized spacial score (nSPS) is 12.9. The van der Waals surface area contributed by atoms with Gasteiger partial charge in [0.25, 0.3) is 0 Å². The molecular weight excluding hydrogens is 292 g/mol. The molecule has 0 aliphatic rings. The second-order valence-electron chi connectivity index (χ2n) is 4.55. The summed E-state index contributed by atoms with van der Waals surface area (Å²) in [7, 11) is 0. The Kier molecular flexibility index (Phi) is 6.68. The molecule has 4 heteroatoms. The van der Waals surface area contributed by atoms with Crippen LogP contribution >= 0.6 is 15.9 Å². The predicted octanol–water partition coefficient (Wildman–Crippen LogP) is 2.97. The Labute approximate surface area is 118 Å². The van der Waals surface area contributed by atoms with Crippen molar-refractivity contribution in [3.05, 3.63) is 28.2 Å². The highest BCUT2D eigenvalue weighted by Gasteiger charge is 2.07. The number of likely N-dealkylation sites (N-methyl/N-ethyl adjacent to an activating group) is 1. The molecule has 2 N–H and O–H groups in total. The molecule has 1 rings (SSSR count). The summed E-state index contributed by atoms with van der Waals surface area (Å²) in [6.07, 6.45) is 0. The maximum Gasteiger partial charge on any atom is 0.129 e. The molecule has 0 heterocycles. The van der Waals surface area contributed by atoms with Gasteiger partial charge in [0, 0.05) is 19.1 Å². The van der Waals surface area contributed by atoms with Gasteiger partial charge in [0.05, 0.1) is 4.47 Å². The van der Waals surface area contributed by atoms with Crippen molar-refractivity contribution in [3.63, 3.8) is 0 Å². The number of nitrogens with one attached hydrogen (secondary N) is 1. The maximum atomic E-state index is 9.43. The second-order valence-corrected chi connectivity index (χ2v) is 5.41. The second kappa shape index (κ2) is 7.77. The number of nitrogens with zero attached hydrogens (tertiary/aromatic N) is 1. The molecule has 0 spiro atoms. The average molecular weight is 315 g/mol. The van der Waals surface area contributed by atoms with Crippen LogP contribution in [-0.2, 0) is 6.54 Å². The van der Waals surface area contributed by atoms with Crippen LogP contribution in [0.3, 0.4) is 0 Å². The number of halogens is 1. The van der Waals surface area contributed by atoms with Crippen molar-refractivity contribution in [2.75, 3.05) is 19.6 Å². The average Bonchev–Trinajstić information content (AvgIpc) is 2.37. The number of hydrogen-bond acceptors (Lipinski definition) is 3. The lowest BCUT2D eigenvalue weighted by Gasteiger charge is -2.23. The molecule has 0 aromatic heterocycles. The lowest BCUT2D eigenvalue weighted by molar-refractivity contribution is 0.270. The molecule has 102 valence electrons. The summed E-state index contributed by atoms with van der Waals surface area (Å²) in [6, 6.07) is 6.07. The highest BCUT2D eigenvalue weighted by molar-refractivity contribution is 9.10. The molecule has 0 bridgehead atoms. The van der Waals surface area contributed by atoms with Gasteiger partial charge in [-0.05, 0) is 53.6 Å². The molecule has 1 aromatic carbocycles. The van der Waals surface area contributed by atoms with Crippen LogP contribution in [0, 0.1) is 0 Å². The van der Waals surface area contributed by atoms with Crippen molar-refractivity contribution in [1.29, 1.82) is 0 Å². The molecule has 18 heavy (non-hydrogen) atoms. The topological polar surface area (TPSA) is 35.5 Å². The molecule has 0 saturated heterocycles. The zero-order valence-electron chi connectivity index (χ0n) is 11.4. The SMILES string of the molecule is CCN(CC)CC(C)NCc1ccc(O)c(Br)c1. The molecule has 0 fully saturated rings. The molecule has 0 radical (unpaired) electrons. The Morgan fingerprint density at radius 1 is 1.33 bits per heavy atom.